The molecule has 134 valence electrons. The molecule has 0 spiro atoms. The molecule has 0 atom stereocenters. The third-order valence-electron chi connectivity index (χ3n) is 3.93. The van der Waals surface area contributed by atoms with Gasteiger partial charge in [-0.15, -0.1) is 10.2 Å². The van der Waals surface area contributed by atoms with E-state index in [4.69, 9.17) is 27.9 Å². The first-order valence-corrected chi connectivity index (χ1v) is 9.64. The van der Waals surface area contributed by atoms with Gasteiger partial charge in [-0.1, -0.05) is 23.2 Å². The summed E-state index contributed by atoms with van der Waals surface area (Å²) in [5.74, 6) is 2.69. The third-order valence-corrected chi connectivity index (χ3v) is 5.34. The SMILES string of the molecule is Cn1c(COc2ccc(Cl)cc2)nnc1Sc1cc(Cl)nc(C2CC2)n1. The monoisotopic (exact) mass is 407 g/mol. The van der Waals surface area contributed by atoms with Gasteiger partial charge in [-0.3, -0.25) is 0 Å². The van der Waals surface area contributed by atoms with Crippen LogP contribution >= 0.6 is 35.0 Å². The fourth-order valence-corrected chi connectivity index (χ4v) is 3.52. The molecule has 1 aliphatic carbocycles. The van der Waals surface area contributed by atoms with E-state index in [1.165, 1.54) is 11.8 Å². The van der Waals surface area contributed by atoms with Crippen molar-refractivity contribution in [1.29, 1.82) is 0 Å². The highest BCUT2D eigenvalue weighted by Crippen LogP contribution is 2.39. The molecule has 2 aromatic heterocycles. The molecule has 26 heavy (non-hydrogen) atoms. The number of halogens is 2. The number of rotatable bonds is 6. The average Bonchev–Trinajstić information content (AvgIpc) is 3.41. The Hall–Kier alpha value is -1.83. The first-order valence-electron chi connectivity index (χ1n) is 8.07. The van der Waals surface area contributed by atoms with E-state index in [0.717, 1.165) is 34.6 Å². The Labute approximate surface area is 164 Å². The lowest BCUT2D eigenvalue weighted by Crippen LogP contribution is -2.04. The van der Waals surface area contributed by atoms with Gasteiger partial charge in [0, 0.05) is 24.1 Å². The molecular formula is C17H15Cl2N5OS. The minimum atomic E-state index is 0.309. The van der Waals surface area contributed by atoms with Gasteiger partial charge in [0.1, 0.15) is 28.4 Å². The highest BCUT2D eigenvalue weighted by Gasteiger charge is 2.27. The zero-order chi connectivity index (χ0) is 18.1. The van der Waals surface area contributed by atoms with E-state index in [2.05, 4.69) is 20.2 Å². The van der Waals surface area contributed by atoms with Gasteiger partial charge in [0.2, 0.25) is 0 Å². The van der Waals surface area contributed by atoms with Gasteiger partial charge < -0.3 is 9.30 Å². The molecule has 4 rings (SSSR count). The zero-order valence-corrected chi connectivity index (χ0v) is 16.2. The molecule has 2 heterocycles. The molecular weight excluding hydrogens is 393 g/mol. The summed E-state index contributed by atoms with van der Waals surface area (Å²) in [7, 11) is 1.90. The Bertz CT molecular complexity index is 927. The van der Waals surface area contributed by atoms with Crippen molar-refractivity contribution in [1.82, 2.24) is 24.7 Å². The van der Waals surface area contributed by atoms with E-state index in [1.807, 2.05) is 23.7 Å². The van der Waals surface area contributed by atoms with E-state index in [-0.39, 0.29) is 0 Å². The van der Waals surface area contributed by atoms with Gasteiger partial charge in [0.15, 0.2) is 11.0 Å². The quantitative estimate of drug-likeness (QED) is 0.559. The van der Waals surface area contributed by atoms with E-state index in [0.29, 0.717) is 28.5 Å². The summed E-state index contributed by atoms with van der Waals surface area (Å²) in [4.78, 5) is 8.89. The maximum atomic E-state index is 6.13. The van der Waals surface area contributed by atoms with Crippen molar-refractivity contribution in [3.8, 4) is 5.75 Å². The van der Waals surface area contributed by atoms with Crippen molar-refractivity contribution in [2.45, 2.75) is 35.5 Å². The lowest BCUT2D eigenvalue weighted by atomic mass is 10.3. The molecule has 0 bridgehead atoms. The molecule has 9 heteroatoms. The van der Waals surface area contributed by atoms with E-state index < -0.39 is 0 Å². The number of benzene rings is 1. The second kappa shape index (κ2) is 7.42. The number of hydrogen-bond donors (Lipinski definition) is 0. The first-order chi connectivity index (χ1) is 12.6. The zero-order valence-electron chi connectivity index (χ0n) is 13.9. The van der Waals surface area contributed by atoms with E-state index in [9.17, 15) is 0 Å². The van der Waals surface area contributed by atoms with Gasteiger partial charge in [-0.05, 0) is 48.9 Å². The van der Waals surface area contributed by atoms with Crippen LogP contribution < -0.4 is 4.74 Å². The van der Waals surface area contributed by atoms with Crippen molar-refractivity contribution >= 4 is 35.0 Å². The fraction of sp³-hybridized carbons (Fsp3) is 0.294. The lowest BCUT2D eigenvalue weighted by molar-refractivity contribution is 0.290. The maximum absolute atomic E-state index is 6.13. The topological polar surface area (TPSA) is 65.7 Å². The third kappa shape index (κ3) is 4.11. The predicted octanol–water partition coefficient (Wildman–Crippen LogP) is 4.52. The van der Waals surface area contributed by atoms with Crippen LogP contribution in [0.1, 0.15) is 30.4 Å². The largest absolute Gasteiger partial charge is 0.486 e. The van der Waals surface area contributed by atoms with E-state index >= 15 is 0 Å². The summed E-state index contributed by atoms with van der Waals surface area (Å²) in [6.45, 7) is 0.309. The molecule has 6 nitrogen and oxygen atoms in total. The van der Waals surface area contributed by atoms with Crippen molar-refractivity contribution in [2.75, 3.05) is 0 Å². The van der Waals surface area contributed by atoms with Crippen LogP contribution in [0.4, 0.5) is 0 Å². The number of hydrogen-bond acceptors (Lipinski definition) is 6. The maximum Gasteiger partial charge on any atom is 0.197 e. The Morgan fingerprint density at radius 2 is 1.92 bits per heavy atom. The average molecular weight is 408 g/mol. The molecule has 0 N–H and O–H groups in total. The summed E-state index contributed by atoms with van der Waals surface area (Å²) < 4.78 is 7.61. The van der Waals surface area contributed by atoms with Gasteiger partial charge in [-0.25, -0.2) is 9.97 Å². The molecule has 3 aromatic rings. The first kappa shape index (κ1) is 17.6. The van der Waals surface area contributed by atoms with Gasteiger partial charge in [0.25, 0.3) is 0 Å². The van der Waals surface area contributed by atoms with E-state index in [1.54, 1.807) is 18.2 Å². The van der Waals surface area contributed by atoms with Crippen LogP contribution in [0.3, 0.4) is 0 Å². The molecule has 0 aliphatic heterocycles. The van der Waals surface area contributed by atoms with Gasteiger partial charge >= 0.3 is 0 Å². The van der Waals surface area contributed by atoms with Crippen LogP contribution in [0.2, 0.25) is 10.2 Å². The molecule has 1 aromatic carbocycles. The number of aromatic nitrogens is 5. The summed E-state index contributed by atoms with van der Waals surface area (Å²) in [5.41, 5.74) is 0. The Morgan fingerprint density at radius 1 is 1.15 bits per heavy atom. The summed E-state index contributed by atoms with van der Waals surface area (Å²) >= 11 is 13.4. The number of nitrogens with zero attached hydrogens (tertiary/aromatic N) is 5. The Balaban J connectivity index is 1.46. The molecule has 0 saturated heterocycles. The Kier molecular flexibility index (Phi) is 5.02. The molecule has 0 amide bonds. The van der Waals surface area contributed by atoms with Crippen LogP contribution in [-0.4, -0.2) is 24.7 Å². The van der Waals surface area contributed by atoms with Crippen molar-refractivity contribution < 1.29 is 4.74 Å². The second-order valence-electron chi connectivity index (χ2n) is 5.96. The standard InChI is InChI=1S/C17H15Cl2N5OS/c1-24-14(9-25-12-6-4-11(18)5-7-12)22-23-17(24)26-15-8-13(19)20-16(21-15)10-2-3-10/h4-8,10H,2-3,9H2,1H3. The smallest absolute Gasteiger partial charge is 0.197 e. The molecule has 1 saturated carbocycles. The normalized spacial score (nSPS) is 13.8. The minimum absolute atomic E-state index is 0.309. The molecule has 1 aliphatic rings. The summed E-state index contributed by atoms with van der Waals surface area (Å²) in [6.07, 6.45) is 2.25. The minimum Gasteiger partial charge on any atom is -0.486 e. The van der Waals surface area contributed by atoms with Gasteiger partial charge in [0.05, 0.1) is 0 Å². The molecule has 1 fully saturated rings. The molecule has 0 unspecified atom stereocenters. The van der Waals surface area contributed by atoms with Crippen LogP contribution in [-0.2, 0) is 13.7 Å². The Morgan fingerprint density at radius 3 is 2.65 bits per heavy atom. The second-order valence-corrected chi connectivity index (χ2v) is 7.78. The lowest BCUT2D eigenvalue weighted by Gasteiger charge is -2.07. The highest BCUT2D eigenvalue weighted by molar-refractivity contribution is 7.99. The number of ether oxygens (including phenoxy) is 1. The van der Waals surface area contributed by atoms with Crippen LogP contribution in [0.5, 0.6) is 5.75 Å². The van der Waals surface area contributed by atoms with Crippen molar-refractivity contribution in [2.24, 2.45) is 7.05 Å². The van der Waals surface area contributed by atoms with Crippen molar-refractivity contribution in [3.63, 3.8) is 0 Å². The van der Waals surface area contributed by atoms with Crippen LogP contribution in [0.25, 0.3) is 0 Å². The summed E-state index contributed by atoms with van der Waals surface area (Å²) in [6, 6.07) is 8.94. The summed E-state index contributed by atoms with van der Waals surface area (Å²) in [5, 5.41) is 11.0. The van der Waals surface area contributed by atoms with Crippen LogP contribution in [0, 0.1) is 0 Å². The van der Waals surface area contributed by atoms with Crippen LogP contribution in [0.15, 0.2) is 40.5 Å². The van der Waals surface area contributed by atoms with Gasteiger partial charge in [-0.2, -0.15) is 0 Å². The fourth-order valence-electron chi connectivity index (χ4n) is 2.32. The predicted molar refractivity (Wildman–Crippen MR) is 99.9 cm³/mol. The van der Waals surface area contributed by atoms with Crippen molar-refractivity contribution in [3.05, 3.63) is 52.2 Å². The molecule has 0 radical (unpaired) electrons. The highest BCUT2D eigenvalue weighted by atomic mass is 35.5.